The first-order valence-corrected chi connectivity index (χ1v) is 7.18. The lowest BCUT2D eigenvalue weighted by Gasteiger charge is -2.08. The monoisotopic (exact) mass is 304 g/mol. The molecule has 20 heavy (non-hydrogen) atoms. The van der Waals surface area contributed by atoms with Gasteiger partial charge in [0.05, 0.1) is 18.5 Å². The van der Waals surface area contributed by atoms with Gasteiger partial charge in [-0.1, -0.05) is 0 Å². The van der Waals surface area contributed by atoms with Gasteiger partial charge in [0.1, 0.15) is 17.3 Å². The summed E-state index contributed by atoms with van der Waals surface area (Å²) in [5, 5.41) is 2.22. The summed E-state index contributed by atoms with van der Waals surface area (Å²) in [5.41, 5.74) is 5.51. The van der Waals surface area contributed by atoms with Gasteiger partial charge in [-0.2, -0.15) is 0 Å². The van der Waals surface area contributed by atoms with Gasteiger partial charge >= 0.3 is 5.97 Å². The zero-order valence-electron chi connectivity index (χ0n) is 10.6. The van der Waals surface area contributed by atoms with E-state index in [0.717, 1.165) is 19.2 Å². The first-order valence-electron chi connectivity index (χ1n) is 5.35. The van der Waals surface area contributed by atoms with Crippen molar-refractivity contribution in [1.82, 2.24) is 0 Å². The number of nitrogens with one attached hydrogen (secondary N) is 1. The zero-order chi connectivity index (χ0) is 15.3. The van der Waals surface area contributed by atoms with Crippen molar-refractivity contribution in [3.63, 3.8) is 0 Å². The van der Waals surface area contributed by atoms with Crippen LogP contribution in [0.1, 0.15) is 0 Å². The molecule has 9 heteroatoms. The predicted octanol–water partition coefficient (Wildman–Crippen LogP) is -0.0658. The Morgan fingerprint density at radius 3 is 2.55 bits per heavy atom. The molecule has 0 spiro atoms. The van der Waals surface area contributed by atoms with Crippen molar-refractivity contribution in [3.05, 3.63) is 24.0 Å². The van der Waals surface area contributed by atoms with E-state index in [0.29, 0.717) is 0 Å². The summed E-state index contributed by atoms with van der Waals surface area (Å²) < 4.78 is 40.0. The van der Waals surface area contributed by atoms with E-state index in [4.69, 9.17) is 5.73 Å². The average Bonchev–Trinajstić information content (AvgIpc) is 2.31. The summed E-state index contributed by atoms with van der Waals surface area (Å²) in [7, 11) is -2.90. The Bertz CT molecular complexity index is 630. The van der Waals surface area contributed by atoms with Gasteiger partial charge in [0.2, 0.25) is 5.91 Å². The van der Waals surface area contributed by atoms with E-state index in [2.05, 4.69) is 10.1 Å². The maximum atomic E-state index is 12.8. The molecule has 0 fully saturated rings. The highest BCUT2D eigenvalue weighted by Gasteiger charge is 2.21. The molecule has 0 bridgehead atoms. The Labute approximate surface area is 114 Å². The number of nitrogens with two attached hydrogens (primary N) is 1. The van der Waals surface area contributed by atoms with E-state index in [9.17, 15) is 22.4 Å². The Morgan fingerprint density at radius 2 is 2.00 bits per heavy atom. The Hall–Kier alpha value is -2.16. The third-order valence-electron chi connectivity index (χ3n) is 2.20. The quantitative estimate of drug-likeness (QED) is 0.581. The van der Waals surface area contributed by atoms with Gasteiger partial charge in [-0.3, -0.25) is 9.59 Å². The van der Waals surface area contributed by atoms with Gasteiger partial charge in [-0.15, -0.1) is 0 Å². The van der Waals surface area contributed by atoms with Crippen molar-refractivity contribution in [3.8, 4) is 0 Å². The van der Waals surface area contributed by atoms with Crippen molar-refractivity contribution in [2.45, 2.75) is 0 Å². The lowest BCUT2D eigenvalue weighted by Crippen LogP contribution is -2.28. The van der Waals surface area contributed by atoms with E-state index in [-0.39, 0.29) is 11.4 Å². The molecule has 0 heterocycles. The molecular weight excluding hydrogens is 291 g/mol. The molecule has 0 saturated carbocycles. The molecule has 0 aliphatic heterocycles. The van der Waals surface area contributed by atoms with Gasteiger partial charge in [0, 0.05) is 0 Å². The highest BCUT2D eigenvalue weighted by molar-refractivity contribution is 7.92. The molecule has 3 N–H and O–H groups in total. The van der Waals surface area contributed by atoms with Gasteiger partial charge in [-0.25, -0.2) is 12.8 Å². The standard InChI is InChI=1S/C11H13FN2O5S/c1-19-11(16)6-20(17,18)5-10(15)14-9-3-2-7(12)4-8(9)13/h2-4H,5-6,13H2,1H3,(H,14,15). The first-order chi connectivity index (χ1) is 9.23. The van der Waals surface area contributed by atoms with Gasteiger partial charge in [0.25, 0.3) is 0 Å². The fourth-order valence-corrected chi connectivity index (χ4v) is 2.37. The molecule has 0 saturated heterocycles. The van der Waals surface area contributed by atoms with Crippen LogP contribution in [0, 0.1) is 5.82 Å². The second kappa shape index (κ2) is 6.33. The number of methoxy groups -OCH3 is 1. The van der Waals surface area contributed by atoms with Crippen LogP contribution in [0.2, 0.25) is 0 Å². The number of benzene rings is 1. The van der Waals surface area contributed by atoms with Crippen LogP contribution in [0.5, 0.6) is 0 Å². The van der Waals surface area contributed by atoms with E-state index in [1.165, 1.54) is 6.07 Å². The second-order valence-electron chi connectivity index (χ2n) is 3.89. The largest absolute Gasteiger partial charge is 0.468 e. The summed E-state index contributed by atoms with van der Waals surface area (Å²) >= 11 is 0. The van der Waals surface area contributed by atoms with Crippen LogP contribution in [-0.4, -0.2) is 38.9 Å². The minimum atomic E-state index is -3.93. The van der Waals surface area contributed by atoms with Crippen LogP contribution in [0.4, 0.5) is 15.8 Å². The SMILES string of the molecule is COC(=O)CS(=O)(=O)CC(=O)Nc1ccc(F)cc1N. The smallest absolute Gasteiger partial charge is 0.320 e. The molecule has 0 radical (unpaired) electrons. The van der Waals surface area contributed by atoms with Crippen molar-refractivity contribution in [2.75, 3.05) is 29.7 Å². The maximum Gasteiger partial charge on any atom is 0.320 e. The maximum absolute atomic E-state index is 12.8. The van der Waals surface area contributed by atoms with Crippen molar-refractivity contribution < 1.29 is 27.1 Å². The van der Waals surface area contributed by atoms with E-state index in [1.54, 1.807) is 0 Å². The lowest BCUT2D eigenvalue weighted by molar-refractivity contribution is -0.137. The molecule has 0 aliphatic carbocycles. The molecule has 1 amide bonds. The molecule has 0 aromatic heterocycles. The van der Waals surface area contributed by atoms with Gasteiger partial charge < -0.3 is 15.8 Å². The molecule has 110 valence electrons. The number of amides is 1. The normalized spacial score (nSPS) is 10.9. The van der Waals surface area contributed by atoms with Crippen LogP contribution in [0.3, 0.4) is 0 Å². The Balaban J connectivity index is 2.70. The number of hydrogen-bond acceptors (Lipinski definition) is 6. The number of carbonyl (C=O) groups excluding carboxylic acids is 2. The minimum Gasteiger partial charge on any atom is -0.468 e. The predicted molar refractivity (Wildman–Crippen MR) is 70.1 cm³/mol. The van der Waals surface area contributed by atoms with Crippen LogP contribution in [0.25, 0.3) is 0 Å². The molecular formula is C11H13FN2O5S. The summed E-state index contributed by atoms with van der Waals surface area (Å²) in [5.74, 6) is -4.22. The highest BCUT2D eigenvalue weighted by atomic mass is 32.2. The van der Waals surface area contributed by atoms with Crippen LogP contribution in [-0.2, 0) is 24.2 Å². The second-order valence-corrected chi connectivity index (χ2v) is 5.95. The number of carbonyl (C=O) groups is 2. The summed E-state index contributed by atoms with van der Waals surface area (Å²) in [4.78, 5) is 22.4. The molecule has 0 atom stereocenters. The topological polar surface area (TPSA) is 116 Å². The van der Waals surface area contributed by atoms with Gasteiger partial charge in [-0.05, 0) is 18.2 Å². The number of anilines is 2. The molecule has 1 aromatic rings. The van der Waals surface area contributed by atoms with E-state index >= 15 is 0 Å². The Kier molecular flexibility index (Phi) is 5.03. The molecule has 7 nitrogen and oxygen atoms in total. The number of nitrogen functional groups attached to an aromatic ring is 1. The van der Waals surface area contributed by atoms with Crippen LogP contribution in [0.15, 0.2) is 18.2 Å². The number of rotatable bonds is 5. The number of ether oxygens (including phenoxy) is 1. The summed E-state index contributed by atoms with van der Waals surface area (Å²) in [6.45, 7) is 0. The molecule has 0 aliphatic rings. The minimum absolute atomic E-state index is 0.0382. The van der Waals surface area contributed by atoms with Crippen molar-refractivity contribution in [1.29, 1.82) is 0 Å². The van der Waals surface area contributed by atoms with E-state index in [1.807, 2.05) is 0 Å². The van der Waals surface area contributed by atoms with Crippen LogP contribution >= 0.6 is 0 Å². The molecule has 0 unspecified atom stereocenters. The van der Waals surface area contributed by atoms with Crippen molar-refractivity contribution in [2.24, 2.45) is 0 Å². The van der Waals surface area contributed by atoms with Crippen LogP contribution < -0.4 is 11.1 Å². The highest BCUT2D eigenvalue weighted by Crippen LogP contribution is 2.18. The first kappa shape index (κ1) is 15.9. The molecule has 1 rings (SSSR count). The van der Waals surface area contributed by atoms with Crippen molar-refractivity contribution >= 4 is 33.1 Å². The average molecular weight is 304 g/mol. The third-order valence-corrected chi connectivity index (χ3v) is 3.58. The lowest BCUT2D eigenvalue weighted by atomic mass is 10.2. The Morgan fingerprint density at radius 1 is 1.35 bits per heavy atom. The number of halogens is 1. The fraction of sp³-hybridized carbons (Fsp3) is 0.273. The molecule has 1 aromatic carbocycles. The zero-order valence-corrected chi connectivity index (χ0v) is 11.4. The summed E-state index contributed by atoms with van der Waals surface area (Å²) in [6.07, 6.45) is 0. The number of hydrogen-bond donors (Lipinski definition) is 2. The van der Waals surface area contributed by atoms with E-state index < -0.39 is 39.0 Å². The third kappa shape index (κ3) is 4.84. The number of sulfone groups is 1. The fourth-order valence-electron chi connectivity index (χ4n) is 1.32. The number of esters is 1. The summed E-state index contributed by atoms with van der Waals surface area (Å²) in [6, 6.07) is 3.25. The van der Waals surface area contributed by atoms with Gasteiger partial charge in [0.15, 0.2) is 9.84 Å².